The molecule has 0 aromatic carbocycles. The van der Waals surface area contributed by atoms with E-state index in [4.69, 9.17) is 20.0 Å². The third kappa shape index (κ3) is 8.08. The van der Waals surface area contributed by atoms with Crippen LogP contribution in [0.1, 0.15) is 6.92 Å². The van der Waals surface area contributed by atoms with Crippen molar-refractivity contribution in [3.8, 4) is 0 Å². The first kappa shape index (κ1) is 18.8. The molecule has 116 valence electrons. The maximum Gasteiger partial charge on any atom is 0.352 e. The summed E-state index contributed by atoms with van der Waals surface area (Å²) in [6, 6.07) is 1.03. The van der Waals surface area contributed by atoms with Gasteiger partial charge in [0.05, 0.1) is 12.3 Å². The number of methoxy groups -OCH3 is 1. The zero-order valence-electron chi connectivity index (χ0n) is 13.0. The topological polar surface area (TPSA) is 91.6 Å². The van der Waals surface area contributed by atoms with Crippen LogP contribution in [-0.4, -0.2) is 51.9 Å². The average Bonchev–Trinajstić information content (AvgIpc) is 2.31. The fraction of sp³-hybridized carbons (Fsp3) is 0.692. The standard InChI is InChI=1S/C13H26N2O4Si/c1-10(11(14)8-18-2)12(13(16)17)15-9-19-6-7-20(3,4)5/h14-15H,6-9H2,1-5H3,(H,16,17)/b12-10-,14-11?. The summed E-state index contributed by atoms with van der Waals surface area (Å²) in [5.41, 5.74) is 0.479. The number of nitrogens with one attached hydrogen (secondary N) is 2. The molecule has 0 rings (SSSR count). The molecule has 0 heterocycles. The maximum atomic E-state index is 11.2. The molecular weight excluding hydrogens is 276 g/mol. The molecule has 0 amide bonds. The third-order valence-corrected chi connectivity index (χ3v) is 4.38. The van der Waals surface area contributed by atoms with Crippen molar-refractivity contribution in [2.45, 2.75) is 32.6 Å². The molecule has 0 aliphatic heterocycles. The van der Waals surface area contributed by atoms with Crippen molar-refractivity contribution in [2.24, 2.45) is 0 Å². The van der Waals surface area contributed by atoms with Gasteiger partial charge in [-0.25, -0.2) is 4.79 Å². The van der Waals surface area contributed by atoms with Crippen molar-refractivity contribution in [3.63, 3.8) is 0 Å². The highest BCUT2D eigenvalue weighted by atomic mass is 28.3. The smallest absolute Gasteiger partial charge is 0.352 e. The van der Waals surface area contributed by atoms with Gasteiger partial charge in [-0.15, -0.1) is 0 Å². The summed E-state index contributed by atoms with van der Waals surface area (Å²) in [7, 11) is 0.329. The van der Waals surface area contributed by atoms with E-state index in [1.165, 1.54) is 7.11 Å². The number of carboxylic acid groups (broad SMARTS) is 1. The van der Waals surface area contributed by atoms with Crippen LogP contribution in [-0.2, 0) is 14.3 Å². The van der Waals surface area contributed by atoms with Gasteiger partial charge in [0, 0.05) is 27.4 Å². The molecule has 0 radical (unpaired) electrons. The van der Waals surface area contributed by atoms with Crippen LogP contribution < -0.4 is 5.32 Å². The van der Waals surface area contributed by atoms with Crippen LogP contribution >= 0.6 is 0 Å². The van der Waals surface area contributed by atoms with Crippen molar-refractivity contribution >= 4 is 19.8 Å². The van der Waals surface area contributed by atoms with Gasteiger partial charge < -0.3 is 25.3 Å². The molecule has 20 heavy (non-hydrogen) atoms. The van der Waals surface area contributed by atoms with Crippen molar-refractivity contribution in [1.29, 1.82) is 5.41 Å². The van der Waals surface area contributed by atoms with Gasteiger partial charge in [0.1, 0.15) is 12.4 Å². The number of carbonyl (C=O) groups is 1. The van der Waals surface area contributed by atoms with Crippen LogP contribution in [0.15, 0.2) is 11.3 Å². The van der Waals surface area contributed by atoms with Gasteiger partial charge in [-0.05, 0) is 13.0 Å². The second kappa shape index (κ2) is 8.88. The highest BCUT2D eigenvalue weighted by molar-refractivity contribution is 6.76. The number of hydrogen-bond donors (Lipinski definition) is 3. The van der Waals surface area contributed by atoms with E-state index >= 15 is 0 Å². The van der Waals surface area contributed by atoms with Crippen LogP contribution in [0, 0.1) is 5.41 Å². The number of aliphatic carboxylic acids is 1. The Morgan fingerprint density at radius 1 is 1.35 bits per heavy atom. The average molecular weight is 302 g/mol. The Kier molecular flexibility index (Phi) is 8.36. The lowest BCUT2D eigenvalue weighted by molar-refractivity contribution is -0.133. The summed E-state index contributed by atoms with van der Waals surface area (Å²) >= 11 is 0. The zero-order chi connectivity index (χ0) is 15.8. The van der Waals surface area contributed by atoms with Gasteiger partial charge in [0.2, 0.25) is 0 Å². The molecule has 0 aliphatic carbocycles. The SMILES string of the molecule is COCC(=N)/C(C)=C(\NCOCC[Si](C)(C)C)C(=O)O. The Morgan fingerprint density at radius 3 is 2.40 bits per heavy atom. The Morgan fingerprint density at radius 2 is 1.95 bits per heavy atom. The zero-order valence-corrected chi connectivity index (χ0v) is 14.0. The van der Waals surface area contributed by atoms with Gasteiger partial charge in [-0.3, -0.25) is 0 Å². The Bertz CT molecular complexity index is 375. The van der Waals surface area contributed by atoms with Crippen LogP contribution in [0.4, 0.5) is 0 Å². The number of ether oxygens (including phenoxy) is 2. The van der Waals surface area contributed by atoms with Gasteiger partial charge in [-0.1, -0.05) is 19.6 Å². The predicted molar refractivity (Wildman–Crippen MR) is 82.0 cm³/mol. The van der Waals surface area contributed by atoms with E-state index in [2.05, 4.69) is 25.0 Å². The first-order chi connectivity index (χ1) is 9.19. The highest BCUT2D eigenvalue weighted by Gasteiger charge is 2.15. The second-order valence-electron chi connectivity index (χ2n) is 5.76. The summed E-state index contributed by atoms with van der Waals surface area (Å²) in [5.74, 6) is -1.10. The molecule has 0 unspecified atom stereocenters. The quantitative estimate of drug-likeness (QED) is 0.188. The fourth-order valence-corrected chi connectivity index (χ4v) is 2.10. The molecule has 0 aliphatic rings. The van der Waals surface area contributed by atoms with Crippen LogP contribution in [0.25, 0.3) is 0 Å². The van der Waals surface area contributed by atoms with E-state index in [1.54, 1.807) is 6.92 Å². The van der Waals surface area contributed by atoms with Crippen LogP contribution in [0.2, 0.25) is 25.7 Å². The van der Waals surface area contributed by atoms with Gasteiger partial charge in [-0.2, -0.15) is 0 Å². The maximum absolute atomic E-state index is 11.2. The van der Waals surface area contributed by atoms with E-state index in [-0.39, 0.29) is 24.7 Å². The summed E-state index contributed by atoms with van der Waals surface area (Å²) < 4.78 is 10.2. The number of hydrogen-bond acceptors (Lipinski definition) is 5. The van der Waals surface area contributed by atoms with E-state index in [1.807, 2.05) is 0 Å². The van der Waals surface area contributed by atoms with E-state index in [0.717, 1.165) is 6.04 Å². The number of carboxylic acids is 1. The largest absolute Gasteiger partial charge is 0.477 e. The van der Waals surface area contributed by atoms with Crippen molar-refractivity contribution in [3.05, 3.63) is 11.3 Å². The minimum absolute atomic E-state index is 0.0138. The molecule has 0 atom stereocenters. The van der Waals surface area contributed by atoms with Crippen molar-refractivity contribution in [2.75, 3.05) is 27.1 Å². The van der Waals surface area contributed by atoms with Crippen LogP contribution in [0.5, 0.6) is 0 Å². The van der Waals surface area contributed by atoms with E-state index in [9.17, 15) is 4.79 Å². The molecule has 0 saturated heterocycles. The molecule has 6 nitrogen and oxygen atoms in total. The van der Waals surface area contributed by atoms with E-state index in [0.29, 0.717) is 12.2 Å². The molecule has 7 heteroatoms. The monoisotopic (exact) mass is 302 g/mol. The first-order valence-corrected chi connectivity index (χ1v) is 10.2. The van der Waals surface area contributed by atoms with Gasteiger partial charge in [0.25, 0.3) is 0 Å². The normalized spacial score (nSPS) is 12.8. The lowest BCUT2D eigenvalue weighted by Crippen LogP contribution is -2.28. The Hall–Kier alpha value is -1.18. The molecule has 0 bridgehead atoms. The number of rotatable bonds is 10. The summed E-state index contributed by atoms with van der Waals surface area (Å²) in [6.45, 7) is 9.17. The molecule has 0 spiro atoms. The fourth-order valence-electron chi connectivity index (χ4n) is 1.35. The minimum Gasteiger partial charge on any atom is -0.477 e. The minimum atomic E-state index is -1.14. The first-order valence-electron chi connectivity index (χ1n) is 6.51. The predicted octanol–water partition coefficient (Wildman–Crippen LogP) is 1.91. The molecular formula is C13H26N2O4Si. The molecule has 0 fully saturated rings. The van der Waals surface area contributed by atoms with Gasteiger partial charge in [0.15, 0.2) is 0 Å². The molecule has 3 N–H and O–H groups in total. The van der Waals surface area contributed by atoms with E-state index < -0.39 is 14.0 Å². The summed E-state index contributed by atoms with van der Waals surface area (Å²) in [4.78, 5) is 11.2. The van der Waals surface area contributed by atoms with Crippen LogP contribution in [0.3, 0.4) is 0 Å². The second-order valence-corrected chi connectivity index (χ2v) is 11.4. The summed E-state index contributed by atoms with van der Waals surface area (Å²) in [6.07, 6.45) is 0. The van der Waals surface area contributed by atoms with Crippen molar-refractivity contribution in [1.82, 2.24) is 5.32 Å². The lowest BCUT2D eigenvalue weighted by atomic mass is 10.1. The highest BCUT2D eigenvalue weighted by Crippen LogP contribution is 2.08. The molecule has 0 aromatic heterocycles. The third-order valence-electron chi connectivity index (χ3n) is 2.68. The van der Waals surface area contributed by atoms with Gasteiger partial charge >= 0.3 is 5.97 Å². The lowest BCUT2D eigenvalue weighted by Gasteiger charge is -2.16. The summed E-state index contributed by atoms with van der Waals surface area (Å²) in [5, 5.41) is 19.6. The molecule has 0 aromatic rings. The van der Waals surface area contributed by atoms with Crippen molar-refractivity contribution < 1.29 is 19.4 Å². The molecule has 0 saturated carbocycles. The Labute approximate surface area is 121 Å². The Balaban J connectivity index is 4.40.